The summed E-state index contributed by atoms with van der Waals surface area (Å²) in [5, 5.41) is 1.38. The van der Waals surface area contributed by atoms with Gasteiger partial charge in [-0.05, 0) is 56.7 Å². The summed E-state index contributed by atoms with van der Waals surface area (Å²) in [6.07, 6.45) is 7.24. The molecule has 0 saturated heterocycles. The Morgan fingerprint density at radius 1 is 1.29 bits per heavy atom. The Hall–Kier alpha value is -1.41. The van der Waals surface area contributed by atoms with Crippen LogP contribution >= 0.6 is 11.3 Å². The molecule has 1 atom stereocenters. The zero-order valence-electron chi connectivity index (χ0n) is 13.4. The van der Waals surface area contributed by atoms with E-state index in [4.69, 9.17) is 0 Å². The third-order valence-electron chi connectivity index (χ3n) is 4.20. The Kier molecular flexibility index (Phi) is 3.99. The van der Waals surface area contributed by atoms with Gasteiger partial charge in [-0.15, -0.1) is 0 Å². The van der Waals surface area contributed by atoms with Crippen LogP contribution in [0.1, 0.15) is 44.2 Å². The molecule has 2 heteroatoms. The second-order valence-corrected chi connectivity index (χ2v) is 7.44. The van der Waals surface area contributed by atoms with Gasteiger partial charge in [-0.2, -0.15) is 4.57 Å². The monoisotopic (exact) mass is 298 g/mol. The van der Waals surface area contributed by atoms with Crippen molar-refractivity contribution in [2.45, 2.75) is 47.1 Å². The number of allylic oxidation sites excluding steroid dienone is 3. The summed E-state index contributed by atoms with van der Waals surface area (Å²) < 4.78 is 3.83. The van der Waals surface area contributed by atoms with Crippen molar-refractivity contribution < 1.29 is 4.57 Å². The molecule has 0 fully saturated rings. The molecule has 1 nitrogen and oxygen atoms in total. The van der Waals surface area contributed by atoms with Gasteiger partial charge in [0.2, 0.25) is 5.52 Å². The highest BCUT2D eigenvalue weighted by molar-refractivity contribution is 7.18. The summed E-state index contributed by atoms with van der Waals surface area (Å²) in [6.45, 7) is 10.0. The molecule has 0 saturated carbocycles. The van der Waals surface area contributed by atoms with Crippen LogP contribution in [0.2, 0.25) is 0 Å². The van der Waals surface area contributed by atoms with E-state index in [9.17, 15) is 0 Å². The molecule has 1 aromatic carbocycles. The zero-order valence-corrected chi connectivity index (χ0v) is 14.3. The minimum absolute atomic E-state index is 0.771. The molecule has 1 unspecified atom stereocenters. The predicted molar refractivity (Wildman–Crippen MR) is 92.6 cm³/mol. The van der Waals surface area contributed by atoms with Crippen molar-refractivity contribution in [2.24, 2.45) is 5.92 Å². The highest BCUT2D eigenvalue weighted by Gasteiger charge is 2.19. The second-order valence-electron chi connectivity index (χ2n) is 6.38. The normalized spacial score (nSPS) is 21.0. The van der Waals surface area contributed by atoms with Gasteiger partial charge in [0.15, 0.2) is 0 Å². The summed E-state index contributed by atoms with van der Waals surface area (Å²) in [7, 11) is 0. The molecule has 3 rings (SSSR count). The SMILES string of the molecule is CC[n+]1c(/C=C2/C=C(C)CC(C)C2)sc2ccc(C)cc21. The summed E-state index contributed by atoms with van der Waals surface area (Å²) in [4.78, 5) is 0. The van der Waals surface area contributed by atoms with Crippen LogP contribution in [0.4, 0.5) is 0 Å². The maximum absolute atomic E-state index is 2.45. The molecule has 0 radical (unpaired) electrons. The highest BCUT2D eigenvalue weighted by atomic mass is 32.1. The van der Waals surface area contributed by atoms with Crippen molar-refractivity contribution in [2.75, 3.05) is 0 Å². The maximum Gasteiger partial charge on any atom is 0.263 e. The third kappa shape index (κ3) is 2.96. The lowest BCUT2D eigenvalue weighted by atomic mass is 9.88. The molecular weight excluding hydrogens is 274 g/mol. The van der Waals surface area contributed by atoms with Crippen LogP contribution in [0.25, 0.3) is 16.3 Å². The third-order valence-corrected chi connectivity index (χ3v) is 5.31. The van der Waals surface area contributed by atoms with Gasteiger partial charge in [-0.25, -0.2) is 0 Å². The minimum atomic E-state index is 0.771. The van der Waals surface area contributed by atoms with Crippen LogP contribution in [0.15, 0.2) is 35.4 Å². The van der Waals surface area contributed by atoms with Crippen LogP contribution < -0.4 is 4.57 Å². The predicted octanol–water partition coefficient (Wildman–Crippen LogP) is 5.28. The van der Waals surface area contributed by atoms with Gasteiger partial charge in [0.1, 0.15) is 11.2 Å². The lowest BCUT2D eigenvalue weighted by Crippen LogP contribution is -2.33. The molecule has 0 N–H and O–H groups in total. The van der Waals surface area contributed by atoms with Gasteiger partial charge in [0, 0.05) is 12.1 Å². The highest BCUT2D eigenvalue weighted by Crippen LogP contribution is 2.30. The largest absolute Gasteiger partial charge is 0.263 e. The van der Waals surface area contributed by atoms with E-state index >= 15 is 0 Å². The summed E-state index contributed by atoms with van der Waals surface area (Å²) in [5.41, 5.74) is 5.71. The van der Waals surface area contributed by atoms with Crippen molar-refractivity contribution in [3.8, 4) is 0 Å². The fourth-order valence-corrected chi connectivity index (χ4v) is 4.55. The van der Waals surface area contributed by atoms with Crippen molar-refractivity contribution >= 4 is 27.6 Å². The average Bonchev–Trinajstić information content (AvgIpc) is 2.73. The van der Waals surface area contributed by atoms with Crippen molar-refractivity contribution in [3.05, 3.63) is 46.0 Å². The fourth-order valence-electron chi connectivity index (χ4n) is 3.36. The molecule has 1 aliphatic rings. The Bertz CT molecular complexity index is 733. The first-order chi connectivity index (χ1) is 10.1. The molecule has 21 heavy (non-hydrogen) atoms. The lowest BCUT2D eigenvalue weighted by Gasteiger charge is -2.18. The first-order valence-corrected chi connectivity index (χ1v) is 8.69. The number of thiazole rings is 1. The van der Waals surface area contributed by atoms with Gasteiger partial charge < -0.3 is 0 Å². The van der Waals surface area contributed by atoms with Crippen molar-refractivity contribution in [1.82, 2.24) is 0 Å². The van der Waals surface area contributed by atoms with E-state index in [1.165, 1.54) is 44.8 Å². The molecule has 0 spiro atoms. The second kappa shape index (κ2) is 5.76. The molecule has 0 bridgehead atoms. The fraction of sp³-hybridized carbons (Fsp3) is 0.421. The first-order valence-electron chi connectivity index (χ1n) is 7.87. The minimum Gasteiger partial charge on any atom is -0.182 e. The number of nitrogens with zero attached hydrogens (tertiary/aromatic N) is 1. The standard InChI is InChI=1S/C19H24NS/c1-5-20-17-11-13(2)6-7-18(17)21-19(20)12-16-9-14(3)8-15(4)10-16/h6-7,9,11-12,15H,5,8,10H2,1-4H3/q+1/b16-12-. The van der Waals surface area contributed by atoms with Crippen LogP contribution in [0.5, 0.6) is 0 Å². The van der Waals surface area contributed by atoms with Gasteiger partial charge in [0.05, 0.1) is 0 Å². The number of hydrogen-bond acceptors (Lipinski definition) is 1. The van der Waals surface area contributed by atoms with Crippen molar-refractivity contribution in [3.63, 3.8) is 0 Å². The number of hydrogen-bond donors (Lipinski definition) is 0. The Morgan fingerprint density at radius 2 is 2.10 bits per heavy atom. The molecule has 0 aliphatic heterocycles. The molecule has 110 valence electrons. The number of fused-ring (bicyclic) bond motifs is 1. The maximum atomic E-state index is 2.45. The van der Waals surface area contributed by atoms with E-state index < -0.39 is 0 Å². The lowest BCUT2D eigenvalue weighted by molar-refractivity contribution is -0.665. The number of aryl methyl sites for hydroxylation is 2. The Balaban J connectivity index is 2.10. The Morgan fingerprint density at radius 3 is 2.81 bits per heavy atom. The first kappa shape index (κ1) is 14.5. The van der Waals surface area contributed by atoms with E-state index in [0.29, 0.717) is 0 Å². The number of rotatable bonds is 2. The smallest absolute Gasteiger partial charge is 0.182 e. The van der Waals surface area contributed by atoms with Crippen LogP contribution in [0, 0.1) is 12.8 Å². The topological polar surface area (TPSA) is 3.88 Å². The quantitative estimate of drug-likeness (QED) is 0.664. The summed E-state index contributed by atoms with van der Waals surface area (Å²) in [6, 6.07) is 6.78. The van der Waals surface area contributed by atoms with E-state index in [1.807, 2.05) is 11.3 Å². The van der Waals surface area contributed by atoms with Crippen LogP contribution in [0.3, 0.4) is 0 Å². The van der Waals surface area contributed by atoms with Crippen molar-refractivity contribution in [1.29, 1.82) is 0 Å². The summed E-state index contributed by atoms with van der Waals surface area (Å²) >= 11 is 1.91. The molecule has 1 heterocycles. The van der Waals surface area contributed by atoms with E-state index in [-0.39, 0.29) is 0 Å². The van der Waals surface area contributed by atoms with Crippen LogP contribution in [-0.2, 0) is 6.54 Å². The Labute approximate surface area is 131 Å². The number of aromatic nitrogens is 1. The van der Waals surface area contributed by atoms with Gasteiger partial charge in [0.25, 0.3) is 5.01 Å². The number of benzene rings is 1. The zero-order chi connectivity index (χ0) is 15.0. The molecule has 1 aromatic heterocycles. The van der Waals surface area contributed by atoms with Gasteiger partial charge in [-0.3, -0.25) is 0 Å². The molecule has 0 amide bonds. The summed E-state index contributed by atoms with van der Waals surface area (Å²) in [5.74, 6) is 0.771. The van der Waals surface area contributed by atoms with E-state index in [2.05, 4.69) is 62.6 Å². The van der Waals surface area contributed by atoms with Crippen LogP contribution in [-0.4, -0.2) is 0 Å². The van der Waals surface area contributed by atoms with Gasteiger partial charge in [-0.1, -0.05) is 36.0 Å². The molecular formula is C19H24NS+. The van der Waals surface area contributed by atoms with E-state index in [0.717, 1.165) is 12.5 Å². The van der Waals surface area contributed by atoms with E-state index in [1.54, 1.807) is 0 Å². The van der Waals surface area contributed by atoms with Gasteiger partial charge >= 0.3 is 0 Å². The average molecular weight is 298 g/mol. The molecule has 1 aliphatic carbocycles. The molecule has 2 aromatic rings.